The number of hydrogen-bond acceptors (Lipinski definition) is 5. The number of aromatic nitrogens is 6. The Hall–Kier alpha value is -1.41. The van der Waals surface area contributed by atoms with Gasteiger partial charge in [0.25, 0.3) is 5.78 Å². The van der Waals surface area contributed by atoms with E-state index in [-0.39, 0.29) is 0 Å². The zero-order chi connectivity index (χ0) is 13.2. The van der Waals surface area contributed by atoms with Crippen molar-refractivity contribution in [2.24, 2.45) is 0 Å². The van der Waals surface area contributed by atoms with E-state index < -0.39 is 0 Å². The summed E-state index contributed by atoms with van der Waals surface area (Å²) in [5.74, 6) is 2.04. The van der Waals surface area contributed by atoms with Gasteiger partial charge in [-0.25, -0.2) is 14.5 Å². The molecule has 3 aromatic rings. The first kappa shape index (κ1) is 12.6. The Labute approximate surface area is 122 Å². The minimum Gasteiger partial charge on any atom is -0.326 e. The smallest absolute Gasteiger partial charge is 0.252 e. The molecular formula is C11H11BrN6S. The second kappa shape index (κ2) is 5.30. The highest BCUT2D eigenvalue weighted by Gasteiger charge is 2.08. The summed E-state index contributed by atoms with van der Waals surface area (Å²) < 4.78 is 4.65. The van der Waals surface area contributed by atoms with Crippen LogP contribution in [0.5, 0.6) is 0 Å². The molecule has 98 valence electrons. The lowest BCUT2D eigenvalue weighted by Crippen LogP contribution is -1.95. The van der Waals surface area contributed by atoms with Gasteiger partial charge >= 0.3 is 0 Å². The normalized spacial score (nSPS) is 11.3. The van der Waals surface area contributed by atoms with Gasteiger partial charge in [0.1, 0.15) is 0 Å². The Morgan fingerprint density at radius 2 is 2.26 bits per heavy atom. The monoisotopic (exact) mass is 338 g/mol. The van der Waals surface area contributed by atoms with Gasteiger partial charge in [0.05, 0.1) is 10.2 Å². The third-order valence-electron chi connectivity index (χ3n) is 2.55. The van der Waals surface area contributed by atoms with Crippen molar-refractivity contribution in [3.05, 3.63) is 35.1 Å². The van der Waals surface area contributed by atoms with E-state index in [1.165, 1.54) is 0 Å². The SMILES string of the molecule is CCn1ccnc1SCc1nc2ncc(Br)cn2n1. The fourth-order valence-electron chi connectivity index (χ4n) is 1.67. The van der Waals surface area contributed by atoms with Crippen molar-refractivity contribution >= 4 is 33.5 Å². The summed E-state index contributed by atoms with van der Waals surface area (Å²) in [5, 5.41) is 5.37. The topological polar surface area (TPSA) is 60.9 Å². The van der Waals surface area contributed by atoms with E-state index >= 15 is 0 Å². The van der Waals surface area contributed by atoms with E-state index in [4.69, 9.17) is 0 Å². The average Bonchev–Trinajstić information content (AvgIpc) is 3.01. The summed E-state index contributed by atoms with van der Waals surface area (Å²) in [5.41, 5.74) is 0. The first-order chi connectivity index (χ1) is 9.26. The second-order valence-corrected chi connectivity index (χ2v) is 5.69. The van der Waals surface area contributed by atoms with Crippen LogP contribution < -0.4 is 0 Å². The summed E-state index contributed by atoms with van der Waals surface area (Å²) in [4.78, 5) is 12.9. The Morgan fingerprint density at radius 1 is 1.37 bits per heavy atom. The Morgan fingerprint density at radius 3 is 3.11 bits per heavy atom. The molecular weight excluding hydrogens is 328 g/mol. The molecule has 0 aromatic carbocycles. The van der Waals surface area contributed by atoms with Gasteiger partial charge in [0.2, 0.25) is 0 Å². The maximum absolute atomic E-state index is 4.38. The molecule has 0 N–H and O–H groups in total. The lowest BCUT2D eigenvalue weighted by molar-refractivity contribution is 0.680. The molecule has 0 fully saturated rings. The predicted molar refractivity (Wildman–Crippen MR) is 75.9 cm³/mol. The second-order valence-electron chi connectivity index (χ2n) is 3.83. The highest BCUT2D eigenvalue weighted by atomic mass is 79.9. The lowest BCUT2D eigenvalue weighted by Gasteiger charge is -2.01. The molecule has 0 bridgehead atoms. The summed E-state index contributed by atoms with van der Waals surface area (Å²) in [6.45, 7) is 3.01. The van der Waals surface area contributed by atoms with Gasteiger partial charge < -0.3 is 4.57 Å². The number of rotatable bonds is 4. The predicted octanol–water partition coefficient (Wildman–Crippen LogP) is 2.40. The molecule has 3 rings (SSSR count). The lowest BCUT2D eigenvalue weighted by atomic mass is 10.7. The van der Waals surface area contributed by atoms with E-state index in [9.17, 15) is 0 Å². The van der Waals surface area contributed by atoms with Crippen LogP contribution in [0.25, 0.3) is 5.78 Å². The van der Waals surface area contributed by atoms with Crippen LogP contribution in [-0.2, 0) is 12.3 Å². The molecule has 0 amide bonds. The van der Waals surface area contributed by atoms with Crippen molar-refractivity contribution in [3.63, 3.8) is 0 Å². The third-order valence-corrected chi connectivity index (χ3v) is 3.96. The number of nitrogens with zero attached hydrogens (tertiary/aromatic N) is 6. The molecule has 0 aliphatic heterocycles. The van der Waals surface area contributed by atoms with Crippen LogP contribution in [0.4, 0.5) is 0 Å². The van der Waals surface area contributed by atoms with Crippen LogP contribution in [0.3, 0.4) is 0 Å². The van der Waals surface area contributed by atoms with Crippen molar-refractivity contribution < 1.29 is 0 Å². The molecule has 0 radical (unpaired) electrons. The molecule has 0 unspecified atom stereocenters. The summed E-state index contributed by atoms with van der Waals surface area (Å²) in [6, 6.07) is 0. The average molecular weight is 339 g/mol. The molecule has 8 heteroatoms. The van der Waals surface area contributed by atoms with Gasteiger partial charge in [-0.1, -0.05) is 11.8 Å². The van der Waals surface area contributed by atoms with Gasteiger partial charge in [-0.15, -0.1) is 5.10 Å². The quantitative estimate of drug-likeness (QED) is 0.683. The summed E-state index contributed by atoms with van der Waals surface area (Å²) in [7, 11) is 0. The molecule has 3 heterocycles. The number of thioether (sulfide) groups is 1. The molecule has 0 saturated heterocycles. The Bertz CT molecular complexity index is 706. The zero-order valence-electron chi connectivity index (χ0n) is 10.2. The van der Waals surface area contributed by atoms with Gasteiger partial charge in [-0.2, -0.15) is 4.98 Å². The van der Waals surface area contributed by atoms with E-state index in [1.54, 1.807) is 22.5 Å². The molecule has 19 heavy (non-hydrogen) atoms. The number of aryl methyl sites for hydroxylation is 1. The molecule has 0 aliphatic rings. The maximum Gasteiger partial charge on any atom is 0.252 e. The van der Waals surface area contributed by atoms with Crippen LogP contribution in [0.2, 0.25) is 0 Å². The van der Waals surface area contributed by atoms with Crippen molar-refractivity contribution in [1.29, 1.82) is 0 Å². The van der Waals surface area contributed by atoms with E-state index in [0.717, 1.165) is 22.0 Å². The van der Waals surface area contributed by atoms with E-state index in [0.29, 0.717) is 11.5 Å². The number of hydrogen-bond donors (Lipinski definition) is 0. The van der Waals surface area contributed by atoms with E-state index in [1.807, 2.05) is 18.6 Å². The Balaban J connectivity index is 1.78. The molecule has 3 aromatic heterocycles. The number of imidazole rings is 1. The summed E-state index contributed by atoms with van der Waals surface area (Å²) in [6.07, 6.45) is 7.33. The minimum atomic E-state index is 0.609. The standard InChI is InChI=1S/C11H11BrN6S/c1-2-17-4-3-13-11(17)19-7-9-15-10-14-5-8(12)6-18(10)16-9/h3-6H,2,7H2,1H3. The number of halogens is 1. The number of fused-ring (bicyclic) bond motifs is 1. The van der Waals surface area contributed by atoms with E-state index in [2.05, 4.69) is 47.5 Å². The molecule has 0 aliphatic carbocycles. The van der Waals surface area contributed by atoms with Gasteiger partial charge in [0, 0.05) is 31.3 Å². The zero-order valence-corrected chi connectivity index (χ0v) is 12.6. The van der Waals surface area contributed by atoms with Crippen molar-refractivity contribution in [2.45, 2.75) is 24.4 Å². The van der Waals surface area contributed by atoms with Gasteiger partial charge in [-0.3, -0.25) is 0 Å². The van der Waals surface area contributed by atoms with Gasteiger partial charge in [0.15, 0.2) is 11.0 Å². The molecule has 0 atom stereocenters. The first-order valence-electron chi connectivity index (χ1n) is 5.77. The Kier molecular flexibility index (Phi) is 3.52. The minimum absolute atomic E-state index is 0.609. The highest BCUT2D eigenvalue weighted by Crippen LogP contribution is 2.19. The first-order valence-corrected chi connectivity index (χ1v) is 7.55. The fourth-order valence-corrected chi connectivity index (χ4v) is 2.84. The molecule has 0 saturated carbocycles. The van der Waals surface area contributed by atoms with Crippen LogP contribution in [-0.4, -0.2) is 29.1 Å². The molecule has 0 spiro atoms. The van der Waals surface area contributed by atoms with Crippen molar-refractivity contribution in [1.82, 2.24) is 29.1 Å². The summed E-state index contributed by atoms with van der Waals surface area (Å²) >= 11 is 4.99. The van der Waals surface area contributed by atoms with Crippen LogP contribution >= 0.6 is 27.7 Å². The van der Waals surface area contributed by atoms with Crippen LogP contribution in [0.1, 0.15) is 12.7 Å². The van der Waals surface area contributed by atoms with Crippen LogP contribution in [0, 0.1) is 0 Å². The largest absolute Gasteiger partial charge is 0.326 e. The third kappa shape index (κ3) is 2.64. The van der Waals surface area contributed by atoms with Crippen molar-refractivity contribution in [3.8, 4) is 0 Å². The van der Waals surface area contributed by atoms with Crippen LogP contribution in [0.15, 0.2) is 34.4 Å². The fraction of sp³-hybridized carbons (Fsp3) is 0.273. The maximum atomic E-state index is 4.38. The highest BCUT2D eigenvalue weighted by molar-refractivity contribution is 9.10. The van der Waals surface area contributed by atoms with Gasteiger partial charge in [-0.05, 0) is 22.9 Å². The molecule has 6 nitrogen and oxygen atoms in total. The van der Waals surface area contributed by atoms with Crippen molar-refractivity contribution in [2.75, 3.05) is 0 Å².